The van der Waals surface area contributed by atoms with Gasteiger partial charge in [-0.3, -0.25) is 0 Å². The highest BCUT2D eigenvalue weighted by Gasteiger charge is 2.36. The molecule has 154 valence electrons. The summed E-state index contributed by atoms with van der Waals surface area (Å²) in [7, 11) is 0. The van der Waals surface area contributed by atoms with Crippen molar-refractivity contribution in [3.63, 3.8) is 0 Å². The van der Waals surface area contributed by atoms with Crippen molar-refractivity contribution in [1.82, 2.24) is 0 Å². The van der Waals surface area contributed by atoms with Crippen molar-refractivity contribution < 1.29 is 4.39 Å². The topological polar surface area (TPSA) is 0 Å². The molecule has 2 fully saturated rings. The first-order valence-corrected chi connectivity index (χ1v) is 12.1. The number of hydrogen-bond donors (Lipinski definition) is 0. The summed E-state index contributed by atoms with van der Waals surface area (Å²) < 4.78 is 15.0. The zero-order valence-corrected chi connectivity index (χ0v) is 18.1. The fourth-order valence-electron chi connectivity index (χ4n) is 6.57. The Morgan fingerprint density at radius 1 is 1.04 bits per heavy atom. The SMILES string of the molecule is C/C=C/C1CCC2CC(c3cc(F)c4c(c3)CCC(CCCC)C4)CCC2C1. The van der Waals surface area contributed by atoms with Crippen molar-refractivity contribution in [3.8, 4) is 0 Å². The van der Waals surface area contributed by atoms with Gasteiger partial charge in [0.15, 0.2) is 0 Å². The van der Waals surface area contributed by atoms with Gasteiger partial charge >= 0.3 is 0 Å². The van der Waals surface area contributed by atoms with E-state index >= 15 is 4.39 Å². The summed E-state index contributed by atoms with van der Waals surface area (Å²) in [5.74, 6) is 4.00. The molecule has 0 bridgehead atoms. The van der Waals surface area contributed by atoms with Crippen molar-refractivity contribution in [2.24, 2.45) is 23.7 Å². The highest BCUT2D eigenvalue weighted by Crippen LogP contribution is 2.48. The second-order valence-corrected chi connectivity index (χ2v) is 10.0. The van der Waals surface area contributed by atoms with Gasteiger partial charge in [0.25, 0.3) is 0 Å². The third-order valence-corrected chi connectivity index (χ3v) is 8.18. The highest BCUT2D eigenvalue weighted by molar-refractivity contribution is 5.37. The van der Waals surface area contributed by atoms with Gasteiger partial charge in [-0.2, -0.15) is 0 Å². The number of halogens is 1. The maximum Gasteiger partial charge on any atom is 0.126 e. The lowest BCUT2D eigenvalue weighted by Crippen LogP contribution is -2.30. The molecule has 1 aromatic rings. The Morgan fingerprint density at radius 2 is 1.86 bits per heavy atom. The zero-order chi connectivity index (χ0) is 19.5. The molecule has 0 N–H and O–H groups in total. The van der Waals surface area contributed by atoms with Crippen molar-refractivity contribution in [3.05, 3.63) is 46.8 Å². The molecule has 2 saturated carbocycles. The normalized spacial score (nSPS) is 32.9. The van der Waals surface area contributed by atoms with E-state index in [1.165, 1.54) is 75.3 Å². The molecule has 1 aromatic carbocycles. The summed E-state index contributed by atoms with van der Waals surface area (Å²) in [6.07, 6.45) is 19.8. The molecule has 4 rings (SSSR count). The van der Waals surface area contributed by atoms with E-state index in [1.807, 2.05) is 6.07 Å². The quantitative estimate of drug-likeness (QED) is 0.453. The standard InChI is InChI=1S/C27H39F/c1-3-5-7-20-9-11-24-17-25(18-27(28)26(24)15-20)23-13-12-21-14-19(6-4-2)8-10-22(21)16-23/h4,6,17-23H,3,5,7-16H2,1-2H3/b6-4+. The first-order valence-electron chi connectivity index (χ1n) is 12.1. The third kappa shape index (κ3) is 4.39. The van der Waals surface area contributed by atoms with Crippen LogP contribution in [0.2, 0.25) is 0 Å². The van der Waals surface area contributed by atoms with Crippen molar-refractivity contribution in [2.45, 2.75) is 96.8 Å². The molecule has 3 aliphatic carbocycles. The first-order chi connectivity index (χ1) is 13.7. The van der Waals surface area contributed by atoms with Crippen LogP contribution in [0.25, 0.3) is 0 Å². The molecule has 0 spiro atoms. The van der Waals surface area contributed by atoms with Crippen LogP contribution in [-0.2, 0) is 12.8 Å². The number of rotatable bonds is 5. The van der Waals surface area contributed by atoms with Gasteiger partial charge in [-0.05, 0) is 117 Å². The van der Waals surface area contributed by atoms with Crippen LogP contribution in [0.1, 0.15) is 101 Å². The molecule has 5 atom stereocenters. The van der Waals surface area contributed by atoms with E-state index in [0.29, 0.717) is 11.8 Å². The zero-order valence-electron chi connectivity index (χ0n) is 18.1. The molecule has 1 heteroatoms. The van der Waals surface area contributed by atoms with Crippen LogP contribution in [-0.4, -0.2) is 0 Å². The summed E-state index contributed by atoms with van der Waals surface area (Å²) in [5, 5.41) is 0. The van der Waals surface area contributed by atoms with Crippen LogP contribution in [0, 0.1) is 29.5 Å². The number of hydrogen-bond acceptors (Lipinski definition) is 0. The van der Waals surface area contributed by atoms with Gasteiger partial charge in [0.2, 0.25) is 0 Å². The average Bonchev–Trinajstić information content (AvgIpc) is 2.72. The molecule has 0 heterocycles. The molecule has 3 aliphatic rings. The average molecular weight is 383 g/mol. The van der Waals surface area contributed by atoms with Crippen molar-refractivity contribution in [2.75, 3.05) is 0 Å². The molecule has 5 unspecified atom stereocenters. The number of unbranched alkanes of at least 4 members (excludes halogenated alkanes) is 1. The molecule has 0 saturated heterocycles. The minimum Gasteiger partial charge on any atom is -0.207 e. The van der Waals surface area contributed by atoms with E-state index in [4.69, 9.17) is 0 Å². The third-order valence-electron chi connectivity index (χ3n) is 8.18. The van der Waals surface area contributed by atoms with E-state index in [1.54, 1.807) is 0 Å². The fraction of sp³-hybridized carbons (Fsp3) is 0.704. The highest BCUT2D eigenvalue weighted by atomic mass is 19.1. The Kier molecular flexibility index (Phi) is 6.59. The molecule has 0 aliphatic heterocycles. The second kappa shape index (κ2) is 9.14. The second-order valence-electron chi connectivity index (χ2n) is 10.0. The maximum atomic E-state index is 15.0. The molecule has 28 heavy (non-hydrogen) atoms. The predicted octanol–water partition coefficient (Wildman–Crippen LogP) is 8.00. The van der Waals surface area contributed by atoms with Gasteiger partial charge in [0.1, 0.15) is 5.82 Å². The first kappa shape index (κ1) is 20.2. The van der Waals surface area contributed by atoms with Crippen molar-refractivity contribution in [1.29, 1.82) is 0 Å². The van der Waals surface area contributed by atoms with E-state index in [2.05, 4.69) is 32.1 Å². The molecular weight excluding hydrogens is 343 g/mol. The Bertz CT molecular complexity index is 688. The number of fused-ring (bicyclic) bond motifs is 2. The number of benzene rings is 1. The van der Waals surface area contributed by atoms with Gasteiger partial charge in [0, 0.05) is 0 Å². The largest absolute Gasteiger partial charge is 0.207 e. The van der Waals surface area contributed by atoms with Gasteiger partial charge in [0.05, 0.1) is 0 Å². The molecule has 0 amide bonds. The van der Waals surface area contributed by atoms with E-state index in [0.717, 1.165) is 36.2 Å². The van der Waals surface area contributed by atoms with Crippen LogP contribution in [0.5, 0.6) is 0 Å². The molecule has 0 radical (unpaired) electrons. The Morgan fingerprint density at radius 3 is 2.68 bits per heavy atom. The monoisotopic (exact) mass is 382 g/mol. The summed E-state index contributed by atoms with van der Waals surface area (Å²) in [5.41, 5.74) is 3.70. The lowest BCUT2D eigenvalue weighted by Gasteiger charge is -2.42. The Hall–Kier alpha value is -1.11. The minimum absolute atomic E-state index is 0.104. The fourth-order valence-corrected chi connectivity index (χ4v) is 6.57. The van der Waals surface area contributed by atoms with Gasteiger partial charge < -0.3 is 0 Å². The van der Waals surface area contributed by atoms with Gasteiger partial charge in [-0.25, -0.2) is 4.39 Å². The van der Waals surface area contributed by atoms with E-state index in [-0.39, 0.29) is 5.82 Å². The minimum atomic E-state index is 0.104. The van der Waals surface area contributed by atoms with Crippen LogP contribution < -0.4 is 0 Å². The lowest BCUT2D eigenvalue weighted by atomic mass is 9.63. The Labute approximate surface area is 172 Å². The van der Waals surface area contributed by atoms with Gasteiger partial charge in [-0.1, -0.05) is 44.4 Å². The van der Waals surface area contributed by atoms with Crippen LogP contribution >= 0.6 is 0 Å². The van der Waals surface area contributed by atoms with E-state index in [9.17, 15) is 0 Å². The van der Waals surface area contributed by atoms with Gasteiger partial charge in [-0.15, -0.1) is 0 Å². The van der Waals surface area contributed by atoms with Crippen LogP contribution in [0.3, 0.4) is 0 Å². The predicted molar refractivity (Wildman–Crippen MR) is 117 cm³/mol. The Balaban J connectivity index is 1.43. The summed E-state index contributed by atoms with van der Waals surface area (Å²) in [6, 6.07) is 4.34. The summed E-state index contributed by atoms with van der Waals surface area (Å²) in [6.45, 7) is 4.41. The number of aryl methyl sites for hydroxylation is 1. The smallest absolute Gasteiger partial charge is 0.126 e. The van der Waals surface area contributed by atoms with E-state index < -0.39 is 0 Å². The summed E-state index contributed by atoms with van der Waals surface area (Å²) >= 11 is 0. The maximum absolute atomic E-state index is 15.0. The molecule has 0 nitrogen and oxygen atoms in total. The van der Waals surface area contributed by atoms with Crippen LogP contribution in [0.15, 0.2) is 24.3 Å². The molecule has 0 aromatic heterocycles. The number of allylic oxidation sites excluding steroid dienone is 2. The molecular formula is C27H39F. The lowest BCUT2D eigenvalue weighted by molar-refractivity contribution is 0.133. The van der Waals surface area contributed by atoms with Crippen LogP contribution in [0.4, 0.5) is 4.39 Å². The summed E-state index contributed by atoms with van der Waals surface area (Å²) in [4.78, 5) is 0. The van der Waals surface area contributed by atoms with Crippen molar-refractivity contribution >= 4 is 0 Å².